The van der Waals surface area contributed by atoms with Crippen LogP contribution in [-0.2, 0) is 26.5 Å². The maximum atomic E-state index is 11.9. The fourth-order valence-corrected chi connectivity index (χ4v) is 3.82. The van der Waals surface area contributed by atoms with Crippen molar-refractivity contribution in [2.75, 3.05) is 18.4 Å². The number of carbonyl (C=O) groups is 2. The summed E-state index contributed by atoms with van der Waals surface area (Å²) in [6.07, 6.45) is 2.92. The molecule has 0 bridgehead atoms. The van der Waals surface area contributed by atoms with Gasteiger partial charge in [-0.3, -0.25) is 14.9 Å². The van der Waals surface area contributed by atoms with Gasteiger partial charge in [-0.15, -0.1) is 0 Å². The number of anilines is 1. The molecule has 0 radical (unpaired) electrons. The van der Waals surface area contributed by atoms with Gasteiger partial charge in [0.1, 0.15) is 6.04 Å². The lowest BCUT2D eigenvalue weighted by molar-refractivity contribution is -0.133. The Labute approximate surface area is 135 Å². The van der Waals surface area contributed by atoms with Crippen molar-refractivity contribution < 1.29 is 14.3 Å². The number of imide groups is 1. The van der Waals surface area contributed by atoms with Crippen molar-refractivity contribution in [3.63, 3.8) is 0 Å². The van der Waals surface area contributed by atoms with Gasteiger partial charge in [-0.1, -0.05) is 6.07 Å². The van der Waals surface area contributed by atoms with Crippen LogP contribution >= 0.6 is 0 Å². The number of carbonyl (C=O) groups excluding carboxylic acids is 2. The number of benzene rings is 1. The summed E-state index contributed by atoms with van der Waals surface area (Å²) in [7, 11) is 0. The van der Waals surface area contributed by atoms with E-state index in [-0.39, 0.29) is 23.5 Å². The van der Waals surface area contributed by atoms with E-state index in [0.29, 0.717) is 19.4 Å². The highest BCUT2D eigenvalue weighted by Gasteiger charge is 2.41. The molecule has 1 spiro atoms. The molecule has 4 rings (SSSR count). The molecule has 2 fully saturated rings. The molecule has 23 heavy (non-hydrogen) atoms. The molecule has 2 saturated heterocycles. The van der Waals surface area contributed by atoms with Crippen LogP contribution in [0.2, 0.25) is 0 Å². The highest BCUT2D eigenvalue weighted by Crippen LogP contribution is 2.43. The van der Waals surface area contributed by atoms with Crippen molar-refractivity contribution in [1.82, 2.24) is 10.6 Å². The first-order valence-electron chi connectivity index (χ1n) is 8.25. The van der Waals surface area contributed by atoms with Crippen molar-refractivity contribution in [3.05, 3.63) is 29.3 Å². The lowest BCUT2D eigenvalue weighted by Gasteiger charge is -2.34. The number of nitrogens with one attached hydrogen (secondary N) is 3. The number of amides is 2. The van der Waals surface area contributed by atoms with E-state index in [2.05, 4.69) is 28.1 Å². The number of hydrogen-bond acceptors (Lipinski definition) is 5. The Morgan fingerprint density at radius 2 is 2.04 bits per heavy atom. The average Bonchev–Trinajstić information content (AvgIpc) is 2.89. The lowest BCUT2D eigenvalue weighted by Crippen LogP contribution is -2.47. The van der Waals surface area contributed by atoms with E-state index in [9.17, 15) is 9.59 Å². The van der Waals surface area contributed by atoms with Crippen LogP contribution in [0.1, 0.15) is 36.8 Å². The molecule has 6 heteroatoms. The van der Waals surface area contributed by atoms with Crippen LogP contribution in [0.4, 0.5) is 5.69 Å². The standard InChI is InChI=1S/C17H21N3O3/c21-15-4-3-14(16(22)20-15)19-12-1-2-13-11(9-12)10-23-17(13)5-7-18-8-6-17/h1-2,9,14,18-19H,3-8,10H2,(H,20,21,22). The minimum absolute atomic E-state index is 0.131. The Morgan fingerprint density at radius 3 is 2.83 bits per heavy atom. The first-order valence-corrected chi connectivity index (χ1v) is 8.25. The van der Waals surface area contributed by atoms with E-state index in [1.165, 1.54) is 11.1 Å². The van der Waals surface area contributed by atoms with Crippen LogP contribution in [0, 0.1) is 0 Å². The second-order valence-electron chi connectivity index (χ2n) is 6.55. The van der Waals surface area contributed by atoms with Crippen molar-refractivity contribution >= 4 is 17.5 Å². The fourth-order valence-electron chi connectivity index (χ4n) is 3.82. The van der Waals surface area contributed by atoms with E-state index < -0.39 is 0 Å². The maximum Gasteiger partial charge on any atom is 0.249 e. The average molecular weight is 315 g/mol. The number of ether oxygens (including phenoxy) is 1. The van der Waals surface area contributed by atoms with E-state index in [1.54, 1.807) is 0 Å². The smallest absolute Gasteiger partial charge is 0.249 e. The molecular weight excluding hydrogens is 294 g/mol. The molecule has 1 aromatic carbocycles. The summed E-state index contributed by atoms with van der Waals surface area (Å²) in [5, 5.41) is 8.99. The molecule has 122 valence electrons. The van der Waals surface area contributed by atoms with Gasteiger partial charge in [-0.05, 0) is 55.6 Å². The van der Waals surface area contributed by atoms with E-state index in [4.69, 9.17) is 4.74 Å². The van der Waals surface area contributed by atoms with Gasteiger partial charge in [-0.2, -0.15) is 0 Å². The minimum atomic E-state index is -0.346. The van der Waals surface area contributed by atoms with Crippen LogP contribution in [0.25, 0.3) is 0 Å². The summed E-state index contributed by atoms with van der Waals surface area (Å²) >= 11 is 0. The highest BCUT2D eigenvalue weighted by atomic mass is 16.5. The Morgan fingerprint density at radius 1 is 1.22 bits per heavy atom. The third-order valence-corrected chi connectivity index (χ3v) is 5.09. The van der Waals surface area contributed by atoms with Crippen LogP contribution in [0.15, 0.2) is 18.2 Å². The molecule has 3 aliphatic heterocycles. The zero-order valence-corrected chi connectivity index (χ0v) is 13.0. The molecule has 3 aliphatic rings. The molecule has 3 N–H and O–H groups in total. The van der Waals surface area contributed by atoms with Crippen LogP contribution in [-0.4, -0.2) is 30.9 Å². The Hall–Kier alpha value is -1.92. The molecule has 0 aliphatic carbocycles. The molecule has 2 amide bonds. The zero-order chi connectivity index (χ0) is 15.9. The van der Waals surface area contributed by atoms with E-state index in [1.807, 2.05) is 6.07 Å². The number of rotatable bonds is 2. The second kappa shape index (κ2) is 5.62. The SMILES string of the molecule is O=C1CCC(Nc2ccc3c(c2)COC32CCNCC2)C(=O)N1. The minimum Gasteiger partial charge on any atom is -0.374 e. The Bertz CT molecular complexity index is 652. The van der Waals surface area contributed by atoms with Gasteiger partial charge in [0.15, 0.2) is 0 Å². The van der Waals surface area contributed by atoms with Crippen LogP contribution in [0.3, 0.4) is 0 Å². The molecule has 0 saturated carbocycles. The van der Waals surface area contributed by atoms with Gasteiger partial charge in [-0.25, -0.2) is 0 Å². The first-order chi connectivity index (χ1) is 11.2. The van der Waals surface area contributed by atoms with Gasteiger partial charge in [0.25, 0.3) is 0 Å². The van der Waals surface area contributed by atoms with Crippen molar-refractivity contribution in [2.24, 2.45) is 0 Å². The quantitative estimate of drug-likeness (QED) is 0.710. The van der Waals surface area contributed by atoms with Gasteiger partial charge in [0.2, 0.25) is 11.8 Å². The number of hydrogen-bond donors (Lipinski definition) is 3. The monoisotopic (exact) mass is 315 g/mol. The zero-order valence-electron chi connectivity index (χ0n) is 13.0. The van der Waals surface area contributed by atoms with Gasteiger partial charge >= 0.3 is 0 Å². The molecule has 1 unspecified atom stereocenters. The number of fused-ring (bicyclic) bond motifs is 2. The van der Waals surface area contributed by atoms with Crippen LogP contribution in [0.5, 0.6) is 0 Å². The predicted octanol–water partition coefficient (Wildman–Crippen LogP) is 1.01. The summed E-state index contributed by atoms with van der Waals surface area (Å²) in [5.74, 6) is -0.434. The summed E-state index contributed by atoms with van der Waals surface area (Å²) in [5.41, 5.74) is 3.26. The molecule has 3 heterocycles. The van der Waals surface area contributed by atoms with Crippen LogP contribution < -0.4 is 16.0 Å². The summed E-state index contributed by atoms with van der Waals surface area (Å²) in [6, 6.07) is 5.87. The third kappa shape index (κ3) is 2.62. The lowest BCUT2D eigenvalue weighted by atomic mass is 9.84. The molecule has 0 aromatic heterocycles. The Balaban J connectivity index is 1.52. The second-order valence-corrected chi connectivity index (χ2v) is 6.55. The Kier molecular flexibility index (Phi) is 3.58. The summed E-state index contributed by atoms with van der Waals surface area (Å²) in [6.45, 7) is 2.59. The highest BCUT2D eigenvalue weighted by molar-refractivity contribution is 6.01. The predicted molar refractivity (Wildman–Crippen MR) is 84.8 cm³/mol. The molecule has 6 nitrogen and oxygen atoms in total. The molecule has 1 aromatic rings. The van der Waals surface area contributed by atoms with E-state index >= 15 is 0 Å². The topological polar surface area (TPSA) is 79.5 Å². The molecule has 1 atom stereocenters. The normalized spacial score (nSPS) is 26.0. The largest absolute Gasteiger partial charge is 0.374 e. The third-order valence-electron chi connectivity index (χ3n) is 5.09. The van der Waals surface area contributed by atoms with Gasteiger partial charge < -0.3 is 15.4 Å². The van der Waals surface area contributed by atoms with Gasteiger partial charge in [0.05, 0.1) is 12.2 Å². The van der Waals surface area contributed by atoms with E-state index in [0.717, 1.165) is 31.6 Å². The van der Waals surface area contributed by atoms with Crippen molar-refractivity contribution in [1.29, 1.82) is 0 Å². The first kappa shape index (κ1) is 14.7. The fraction of sp³-hybridized carbons (Fsp3) is 0.529. The van der Waals surface area contributed by atoms with Gasteiger partial charge in [0, 0.05) is 12.1 Å². The summed E-state index contributed by atoms with van der Waals surface area (Å²) < 4.78 is 6.14. The number of piperidine rings is 2. The maximum absolute atomic E-state index is 11.9. The molecular formula is C17H21N3O3. The summed E-state index contributed by atoms with van der Waals surface area (Å²) in [4.78, 5) is 23.1. The van der Waals surface area contributed by atoms with Crippen molar-refractivity contribution in [3.8, 4) is 0 Å². The van der Waals surface area contributed by atoms with Crippen molar-refractivity contribution in [2.45, 2.75) is 43.9 Å².